The van der Waals surface area contributed by atoms with Gasteiger partial charge in [-0.3, -0.25) is 4.99 Å². The highest BCUT2D eigenvalue weighted by molar-refractivity contribution is 9.10. The number of benzene rings is 2. The van der Waals surface area contributed by atoms with Crippen LogP contribution >= 0.6 is 27.7 Å². The molecule has 0 aliphatic carbocycles. The number of anilines is 1. The first-order chi connectivity index (χ1) is 13.9. The number of methoxy groups -OCH3 is 2. The Morgan fingerprint density at radius 2 is 1.90 bits per heavy atom. The van der Waals surface area contributed by atoms with Crippen LogP contribution in [0, 0.1) is 0 Å². The maximum absolute atomic E-state index is 12.3. The maximum Gasteiger partial charge on any atom is 0.164 e. The Kier molecular flexibility index (Phi) is 5.81. The van der Waals surface area contributed by atoms with Gasteiger partial charge in [0.25, 0.3) is 0 Å². The fourth-order valence-corrected chi connectivity index (χ4v) is 6.81. The standard InChI is InChI=1S/C20H21BrN2O4S2/c1-26-15-7-8-19(27-2)17(9-15)23-18-12-29(24,25)11-16(18)22-20(23)28-10-13-3-5-14(21)6-4-13/h3-9,16,18H,10-12H2,1-2H3. The third-order valence-electron chi connectivity index (χ3n) is 5.03. The van der Waals surface area contributed by atoms with Crippen LogP contribution in [0.4, 0.5) is 5.69 Å². The molecule has 2 atom stereocenters. The number of hydrogen-bond donors (Lipinski definition) is 0. The van der Waals surface area contributed by atoms with Gasteiger partial charge in [0.1, 0.15) is 11.5 Å². The number of amidine groups is 1. The molecule has 2 aromatic rings. The van der Waals surface area contributed by atoms with E-state index in [4.69, 9.17) is 14.5 Å². The van der Waals surface area contributed by atoms with Crippen molar-refractivity contribution in [1.29, 1.82) is 0 Å². The highest BCUT2D eigenvalue weighted by Crippen LogP contribution is 2.41. The zero-order valence-electron chi connectivity index (χ0n) is 16.0. The molecule has 0 bridgehead atoms. The van der Waals surface area contributed by atoms with E-state index in [0.717, 1.165) is 21.1 Å². The molecule has 1 fully saturated rings. The molecule has 9 heteroatoms. The zero-order valence-corrected chi connectivity index (χ0v) is 19.3. The lowest BCUT2D eigenvalue weighted by atomic mass is 10.1. The van der Waals surface area contributed by atoms with Crippen molar-refractivity contribution >= 4 is 48.4 Å². The first kappa shape index (κ1) is 20.6. The van der Waals surface area contributed by atoms with Gasteiger partial charge < -0.3 is 14.4 Å². The molecule has 0 radical (unpaired) electrons. The molecule has 2 heterocycles. The Morgan fingerprint density at radius 1 is 1.14 bits per heavy atom. The Morgan fingerprint density at radius 3 is 2.59 bits per heavy atom. The molecule has 29 heavy (non-hydrogen) atoms. The minimum Gasteiger partial charge on any atom is -0.497 e. The van der Waals surface area contributed by atoms with Gasteiger partial charge in [0.2, 0.25) is 0 Å². The van der Waals surface area contributed by atoms with E-state index in [1.54, 1.807) is 26.0 Å². The number of halogens is 1. The third-order valence-corrected chi connectivity index (χ3v) is 8.30. The second-order valence-corrected chi connectivity index (χ2v) is 11.0. The van der Waals surface area contributed by atoms with Gasteiger partial charge in [0, 0.05) is 16.3 Å². The maximum atomic E-state index is 12.3. The van der Waals surface area contributed by atoms with Crippen molar-refractivity contribution in [2.45, 2.75) is 17.8 Å². The second kappa shape index (κ2) is 8.20. The molecule has 6 nitrogen and oxygen atoms in total. The van der Waals surface area contributed by atoms with E-state index in [2.05, 4.69) is 28.1 Å². The smallest absolute Gasteiger partial charge is 0.164 e. The molecule has 2 aliphatic rings. The van der Waals surface area contributed by atoms with E-state index < -0.39 is 9.84 Å². The number of nitrogens with zero attached hydrogens (tertiary/aromatic N) is 2. The summed E-state index contributed by atoms with van der Waals surface area (Å²) in [5.41, 5.74) is 1.95. The largest absolute Gasteiger partial charge is 0.497 e. The molecule has 2 aliphatic heterocycles. The van der Waals surface area contributed by atoms with Crippen molar-refractivity contribution in [2.24, 2.45) is 4.99 Å². The van der Waals surface area contributed by atoms with E-state index in [9.17, 15) is 8.42 Å². The van der Waals surface area contributed by atoms with Crippen LogP contribution in [0.1, 0.15) is 5.56 Å². The van der Waals surface area contributed by atoms with Gasteiger partial charge in [-0.1, -0.05) is 39.8 Å². The molecule has 1 saturated heterocycles. The summed E-state index contributed by atoms with van der Waals surface area (Å²) in [4.78, 5) is 6.80. The van der Waals surface area contributed by atoms with E-state index in [1.165, 1.54) is 5.56 Å². The number of fused-ring (bicyclic) bond motifs is 1. The summed E-state index contributed by atoms with van der Waals surface area (Å²) in [5.74, 6) is 2.25. The molecule has 0 aromatic heterocycles. The fourth-order valence-electron chi connectivity index (χ4n) is 3.63. The second-order valence-electron chi connectivity index (χ2n) is 6.95. The van der Waals surface area contributed by atoms with Crippen molar-refractivity contribution in [3.63, 3.8) is 0 Å². The highest BCUT2D eigenvalue weighted by Gasteiger charge is 2.47. The van der Waals surface area contributed by atoms with Crippen molar-refractivity contribution < 1.29 is 17.9 Å². The first-order valence-electron chi connectivity index (χ1n) is 9.07. The minimum absolute atomic E-state index is 0.0861. The molecule has 0 saturated carbocycles. The topological polar surface area (TPSA) is 68.2 Å². The Balaban J connectivity index is 1.68. The molecule has 2 aromatic carbocycles. The third kappa shape index (κ3) is 4.27. The predicted octanol–water partition coefficient (Wildman–Crippen LogP) is 3.74. The summed E-state index contributed by atoms with van der Waals surface area (Å²) >= 11 is 5.06. The van der Waals surface area contributed by atoms with Gasteiger partial charge in [0.05, 0.1) is 43.5 Å². The molecular formula is C20H21BrN2O4S2. The summed E-state index contributed by atoms with van der Waals surface area (Å²) in [5, 5.41) is 0.810. The summed E-state index contributed by atoms with van der Waals surface area (Å²) in [7, 11) is 0.102. The van der Waals surface area contributed by atoms with Crippen molar-refractivity contribution in [1.82, 2.24) is 0 Å². The number of sulfone groups is 1. The highest BCUT2D eigenvalue weighted by atomic mass is 79.9. The molecule has 2 unspecified atom stereocenters. The first-order valence-corrected chi connectivity index (χ1v) is 12.7. The van der Waals surface area contributed by atoms with E-state index >= 15 is 0 Å². The van der Waals surface area contributed by atoms with Crippen LogP contribution in [0.2, 0.25) is 0 Å². The van der Waals surface area contributed by atoms with Gasteiger partial charge in [-0.2, -0.15) is 0 Å². The molecular weight excluding hydrogens is 476 g/mol. The molecule has 4 rings (SSSR count). The van der Waals surface area contributed by atoms with Gasteiger partial charge in [-0.05, 0) is 29.8 Å². The van der Waals surface area contributed by atoms with Crippen molar-refractivity contribution in [2.75, 3.05) is 30.6 Å². The van der Waals surface area contributed by atoms with E-state index in [1.807, 2.05) is 35.2 Å². The number of hydrogen-bond acceptors (Lipinski definition) is 7. The quantitative estimate of drug-likeness (QED) is 0.627. The lowest BCUT2D eigenvalue weighted by molar-refractivity contribution is 0.403. The molecule has 154 valence electrons. The minimum atomic E-state index is -3.11. The van der Waals surface area contributed by atoms with E-state index in [0.29, 0.717) is 11.5 Å². The van der Waals surface area contributed by atoms with Crippen LogP contribution in [-0.2, 0) is 15.6 Å². The van der Waals surface area contributed by atoms with E-state index in [-0.39, 0.29) is 23.6 Å². The lowest BCUT2D eigenvalue weighted by Gasteiger charge is -2.28. The van der Waals surface area contributed by atoms with Crippen LogP contribution in [-0.4, -0.2) is 51.4 Å². The van der Waals surface area contributed by atoms with Crippen LogP contribution in [0.5, 0.6) is 11.5 Å². The van der Waals surface area contributed by atoms with Gasteiger partial charge >= 0.3 is 0 Å². The molecule has 0 spiro atoms. The van der Waals surface area contributed by atoms with Crippen molar-refractivity contribution in [3.05, 3.63) is 52.5 Å². The normalized spacial score (nSPS) is 22.3. The molecule has 0 N–H and O–H groups in total. The summed E-state index contributed by atoms with van der Waals surface area (Å²) in [6.07, 6.45) is 0. The Hall–Kier alpha value is -1.71. The Labute approximate surface area is 183 Å². The predicted molar refractivity (Wildman–Crippen MR) is 121 cm³/mol. The SMILES string of the molecule is COc1ccc(OC)c(N2C(SCc3ccc(Br)cc3)=NC3CS(=O)(=O)CC32)c1. The number of ether oxygens (including phenoxy) is 2. The van der Waals surface area contributed by atoms with Crippen LogP contribution in [0.3, 0.4) is 0 Å². The average molecular weight is 497 g/mol. The molecule has 0 amide bonds. The Bertz CT molecular complexity index is 1040. The van der Waals surface area contributed by atoms with Crippen LogP contribution in [0.25, 0.3) is 0 Å². The lowest BCUT2D eigenvalue weighted by Crippen LogP contribution is -2.39. The average Bonchev–Trinajstić information content (AvgIpc) is 3.17. The number of thioether (sulfide) groups is 1. The van der Waals surface area contributed by atoms with Crippen molar-refractivity contribution in [3.8, 4) is 11.5 Å². The van der Waals surface area contributed by atoms with Gasteiger partial charge in [-0.15, -0.1) is 0 Å². The summed E-state index contributed by atoms with van der Waals surface area (Å²) in [6, 6.07) is 13.2. The number of rotatable bonds is 5. The monoisotopic (exact) mass is 496 g/mol. The van der Waals surface area contributed by atoms with Crippen LogP contribution < -0.4 is 14.4 Å². The van der Waals surface area contributed by atoms with Gasteiger partial charge in [-0.25, -0.2) is 8.42 Å². The zero-order chi connectivity index (χ0) is 20.6. The fraction of sp³-hybridized carbons (Fsp3) is 0.350. The summed E-state index contributed by atoms with van der Waals surface area (Å²) in [6.45, 7) is 0. The summed E-state index contributed by atoms with van der Waals surface area (Å²) < 4.78 is 36.5. The van der Waals surface area contributed by atoms with Gasteiger partial charge in [0.15, 0.2) is 15.0 Å². The number of aliphatic imine (C=N–C) groups is 1. The van der Waals surface area contributed by atoms with Crippen LogP contribution in [0.15, 0.2) is 51.9 Å².